The summed E-state index contributed by atoms with van der Waals surface area (Å²) in [6.45, 7) is 5.33. The van der Waals surface area contributed by atoms with Crippen molar-refractivity contribution in [2.45, 2.75) is 33.3 Å². The normalized spacial score (nSPS) is 12.4. The molecule has 0 saturated heterocycles. The summed E-state index contributed by atoms with van der Waals surface area (Å²) in [6, 6.07) is 14.9. The molecular weight excluding hydrogens is 422 g/mol. The lowest BCUT2D eigenvalue weighted by atomic mass is 10.0. The molecule has 174 valence electrons. The topological polar surface area (TPSA) is 116 Å². The van der Waals surface area contributed by atoms with E-state index in [-0.39, 0.29) is 18.4 Å². The van der Waals surface area contributed by atoms with Gasteiger partial charge in [-0.2, -0.15) is 0 Å². The Kier molecular flexibility index (Phi) is 9.01. The summed E-state index contributed by atoms with van der Waals surface area (Å²) in [5.41, 5.74) is 1.95. The SMILES string of the molecule is CCOCC(CC)CC(=O)Nc1cccc(CO/N=C(/c2ccccc2)c2nnnn2C)n1. The molecule has 0 bridgehead atoms. The summed E-state index contributed by atoms with van der Waals surface area (Å²) in [5, 5.41) is 18.7. The number of aromatic nitrogens is 5. The van der Waals surface area contributed by atoms with Crippen molar-refractivity contribution in [3.63, 3.8) is 0 Å². The lowest BCUT2D eigenvalue weighted by molar-refractivity contribution is -0.117. The first kappa shape index (κ1) is 24.0. The summed E-state index contributed by atoms with van der Waals surface area (Å²) in [6.07, 6.45) is 1.26. The van der Waals surface area contributed by atoms with Gasteiger partial charge in [-0.15, -0.1) is 5.10 Å². The Morgan fingerprint density at radius 1 is 1.15 bits per heavy atom. The van der Waals surface area contributed by atoms with Gasteiger partial charge in [0, 0.05) is 32.2 Å². The molecule has 0 aliphatic rings. The minimum atomic E-state index is -0.0914. The first-order valence-corrected chi connectivity index (χ1v) is 10.9. The molecule has 10 heteroatoms. The monoisotopic (exact) mass is 451 g/mol. The van der Waals surface area contributed by atoms with Crippen LogP contribution >= 0.6 is 0 Å². The van der Waals surface area contributed by atoms with Crippen molar-refractivity contribution >= 4 is 17.4 Å². The zero-order valence-electron chi connectivity index (χ0n) is 19.1. The van der Waals surface area contributed by atoms with E-state index >= 15 is 0 Å². The van der Waals surface area contributed by atoms with E-state index in [0.717, 1.165) is 12.0 Å². The van der Waals surface area contributed by atoms with Crippen molar-refractivity contribution in [3.05, 3.63) is 65.6 Å². The van der Waals surface area contributed by atoms with Crippen molar-refractivity contribution in [1.29, 1.82) is 0 Å². The fourth-order valence-corrected chi connectivity index (χ4v) is 3.10. The summed E-state index contributed by atoms with van der Waals surface area (Å²) >= 11 is 0. The van der Waals surface area contributed by atoms with Crippen LogP contribution in [0.3, 0.4) is 0 Å². The fourth-order valence-electron chi connectivity index (χ4n) is 3.10. The molecule has 3 rings (SSSR count). The second-order valence-corrected chi connectivity index (χ2v) is 7.41. The summed E-state index contributed by atoms with van der Waals surface area (Å²) in [4.78, 5) is 22.4. The van der Waals surface area contributed by atoms with E-state index in [9.17, 15) is 4.79 Å². The van der Waals surface area contributed by atoms with Gasteiger partial charge in [-0.3, -0.25) is 4.79 Å². The molecule has 1 atom stereocenters. The predicted molar refractivity (Wildman–Crippen MR) is 123 cm³/mol. The molecule has 0 fully saturated rings. The molecule has 0 radical (unpaired) electrons. The molecule has 1 amide bonds. The van der Waals surface area contributed by atoms with Crippen molar-refractivity contribution in [2.24, 2.45) is 18.1 Å². The molecule has 0 aliphatic carbocycles. The number of oxime groups is 1. The van der Waals surface area contributed by atoms with Crippen LogP contribution in [0.15, 0.2) is 53.7 Å². The molecule has 1 unspecified atom stereocenters. The zero-order valence-corrected chi connectivity index (χ0v) is 19.1. The quantitative estimate of drug-likeness (QED) is 0.332. The van der Waals surface area contributed by atoms with Gasteiger partial charge in [0.05, 0.1) is 5.69 Å². The highest BCUT2D eigenvalue weighted by atomic mass is 16.6. The number of hydrogen-bond donors (Lipinski definition) is 1. The predicted octanol–water partition coefficient (Wildman–Crippen LogP) is 2.97. The Balaban J connectivity index is 1.64. The Hall–Kier alpha value is -3.66. The Bertz CT molecular complexity index is 1050. The van der Waals surface area contributed by atoms with E-state index in [1.165, 1.54) is 4.68 Å². The van der Waals surface area contributed by atoms with Crippen LogP contribution in [0.2, 0.25) is 0 Å². The van der Waals surface area contributed by atoms with Crippen LogP contribution in [0.4, 0.5) is 5.82 Å². The summed E-state index contributed by atoms with van der Waals surface area (Å²) < 4.78 is 6.97. The van der Waals surface area contributed by atoms with Gasteiger partial charge in [-0.05, 0) is 35.4 Å². The van der Waals surface area contributed by atoms with Gasteiger partial charge in [-0.1, -0.05) is 54.9 Å². The zero-order chi connectivity index (χ0) is 23.5. The first-order chi connectivity index (χ1) is 16.1. The van der Waals surface area contributed by atoms with E-state index in [1.807, 2.05) is 43.3 Å². The average molecular weight is 452 g/mol. The smallest absolute Gasteiger partial charge is 0.225 e. The number of hydrogen-bond acceptors (Lipinski definition) is 8. The fraction of sp³-hybridized carbons (Fsp3) is 0.391. The van der Waals surface area contributed by atoms with E-state index in [4.69, 9.17) is 9.57 Å². The number of ether oxygens (including phenoxy) is 1. The third-order valence-corrected chi connectivity index (χ3v) is 4.93. The van der Waals surface area contributed by atoms with Gasteiger partial charge >= 0.3 is 0 Å². The summed E-state index contributed by atoms with van der Waals surface area (Å²) in [5.74, 6) is 1.04. The van der Waals surface area contributed by atoms with E-state index in [0.29, 0.717) is 42.7 Å². The minimum Gasteiger partial charge on any atom is -0.389 e. The van der Waals surface area contributed by atoms with Crippen LogP contribution in [0.5, 0.6) is 0 Å². The number of carbonyl (C=O) groups excluding carboxylic acids is 1. The Morgan fingerprint density at radius 2 is 1.97 bits per heavy atom. The standard InChI is InChI=1S/C23H29N7O3/c1-4-17(15-32-5-2)14-21(31)25-20-13-9-12-19(24-20)16-33-27-22(18-10-7-6-8-11-18)23-26-28-29-30(23)3/h6-13,17H,4-5,14-16H2,1-3H3,(H,24,25,31)/b27-22-. The number of rotatable bonds is 12. The van der Waals surface area contributed by atoms with Crippen LogP contribution in [0, 0.1) is 5.92 Å². The van der Waals surface area contributed by atoms with Gasteiger partial charge in [0.1, 0.15) is 5.82 Å². The number of amides is 1. The first-order valence-electron chi connectivity index (χ1n) is 10.9. The van der Waals surface area contributed by atoms with Crippen LogP contribution in [0.1, 0.15) is 43.8 Å². The molecule has 10 nitrogen and oxygen atoms in total. The number of nitrogens with one attached hydrogen (secondary N) is 1. The van der Waals surface area contributed by atoms with Gasteiger partial charge in [0.2, 0.25) is 11.7 Å². The third kappa shape index (κ3) is 7.18. The van der Waals surface area contributed by atoms with E-state index in [2.05, 4.69) is 37.9 Å². The largest absolute Gasteiger partial charge is 0.389 e. The number of benzene rings is 1. The van der Waals surface area contributed by atoms with E-state index < -0.39 is 0 Å². The third-order valence-electron chi connectivity index (χ3n) is 4.93. The lowest BCUT2D eigenvalue weighted by Gasteiger charge is -2.14. The second-order valence-electron chi connectivity index (χ2n) is 7.41. The highest BCUT2D eigenvalue weighted by molar-refractivity contribution is 6.10. The van der Waals surface area contributed by atoms with Gasteiger partial charge in [0.15, 0.2) is 12.3 Å². The van der Waals surface area contributed by atoms with Gasteiger partial charge in [-0.25, -0.2) is 9.67 Å². The number of aryl methyl sites for hydroxylation is 1. The number of nitrogens with zero attached hydrogens (tertiary/aromatic N) is 6. The highest BCUT2D eigenvalue weighted by Gasteiger charge is 2.15. The van der Waals surface area contributed by atoms with Crippen molar-refractivity contribution in [1.82, 2.24) is 25.2 Å². The van der Waals surface area contributed by atoms with Gasteiger partial charge in [0.25, 0.3) is 0 Å². The molecule has 33 heavy (non-hydrogen) atoms. The minimum absolute atomic E-state index is 0.0914. The Labute approximate surface area is 193 Å². The Morgan fingerprint density at radius 3 is 2.67 bits per heavy atom. The maximum atomic E-state index is 12.4. The molecule has 1 N–H and O–H groups in total. The number of tetrazole rings is 1. The van der Waals surface area contributed by atoms with Crippen molar-refractivity contribution in [3.8, 4) is 0 Å². The number of pyridine rings is 1. The maximum Gasteiger partial charge on any atom is 0.225 e. The average Bonchev–Trinajstić information content (AvgIpc) is 3.25. The van der Waals surface area contributed by atoms with Crippen LogP contribution in [-0.4, -0.2) is 50.0 Å². The van der Waals surface area contributed by atoms with Crippen molar-refractivity contribution < 1.29 is 14.4 Å². The van der Waals surface area contributed by atoms with Crippen LogP contribution in [0.25, 0.3) is 0 Å². The lowest BCUT2D eigenvalue weighted by Crippen LogP contribution is -2.20. The van der Waals surface area contributed by atoms with Gasteiger partial charge < -0.3 is 14.9 Å². The van der Waals surface area contributed by atoms with E-state index in [1.54, 1.807) is 19.2 Å². The highest BCUT2D eigenvalue weighted by Crippen LogP contribution is 2.13. The number of anilines is 1. The summed E-state index contributed by atoms with van der Waals surface area (Å²) in [7, 11) is 1.74. The molecule has 2 aromatic heterocycles. The molecule has 0 aliphatic heterocycles. The van der Waals surface area contributed by atoms with Crippen LogP contribution < -0.4 is 5.32 Å². The molecule has 2 heterocycles. The molecule has 0 spiro atoms. The number of carbonyl (C=O) groups is 1. The van der Waals surface area contributed by atoms with Crippen molar-refractivity contribution in [2.75, 3.05) is 18.5 Å². The molecule has 0 saturated carbocycles. The molecular formula is C23H29N7O3. The molecule has 3 aromatic rings. The van der Waals surface area contributed by atoms with Crippen LogP contribution in [-0.2, 0) is 28.0 Å². The second kappa shape index (κ2) is 12.4. The molecule has 1 aromatic carbocycles. The maximum absolute atomic E-state index is 12.4.